The first kappa shape index (κ1) is 9.63. The molecule has 2 nitrogen and oxygen atoms in total. The van der Waals surface area contributed by atoms with Crippen LogP contribution in [0.4, 0.5) is 0 Å². The van der Waals surface area contributed by atoms with E-state index in [1.54, 1.807) is 0 Å². The summed E-state index contributed by atoms with van der Waals surface area (Å²) in [5.74, 6) is 0. The first-order chi connectivity index (χ1) is 4.81. The van der Waals surface area contributed by atoms with Crippen molar-refractivity contribution in [3.8, 4) is 0 Å². The number of hydrogen-bond donors (Lipinski definition) is 0. The summed E-state index contributed by atoms with van der Waals surface area (Å²) in [6.45, 7) is 4.52. The highest BCUT2D eigenvalue weighted by Gasteiger charge is 1.92. The Labute approximate surface area is 63.9 Å². The molecular formula is C8H18N2. The van der Waals surface area contributed by atoms with E-state index in [2.05, 4.69) is 23.9 Å². The Morgan fingerprint density at radius 1 is 1.40 bits per heavy atom. The summed E-state index contributed by atoms with van der Waals surface area (Å²) in [4.78, 5) is 6.24. The molecule has 0 rings (SSSR count). The number of aliphatic imine (C=N–C) groups is 1. The lowest BCUT2D eigenvalue weighted by molar-refractivity contribution is 0.346. The second kappa shape index (κ2) is 6.75. The molecule has 0 N–H and O–H groups in total. The highest BCUT2D eigenvalue weighted by molar-refractivity contribution is 5.56. The number of nitrogens with zero attached hydrogens (tertiary/aromatic N) is 2. The van der Waals surface area contributed by atoms with Crippen LogP contribution < -0.4 is 0 Å². The lowest BCUT2D eigenvalue weighted by Gasteiger charge is -2.12. The summed E-state index contributed by atoms with van der Waals surface area (Å²) in [5, 5.41) is 0. The monoisotopic (exact) mass is 142 g/mol. The van der Waals surface area contributed by atoms with Crippen LogP contribution in [-0.4, -0.2) is 38.3 Å². The van der Waals surface area contributed by atoms with Crippen LogP contribution in [0.5, 0.6) is 0 Å². The minimum absolute atomic E-state index is 1.08. The minimum Gasteiger partial charge on any atom is -0.306 e. The molecule has 0 atom stereocenters. The van der Waals surface area contributed by atoms with Gasteiger partial charge in [0.05, 0.1) is 0 Å². The van der Waals surface area contributed by atoms with Crippen molar-refractivity contribution >= 4 is 6.21 Å². The molecule has 0 aromatic rings. The quantitative estimate of drug-likeness (QED) is 0.530. The van der Waals surface area contributed by atoms with Crippen molar-refractivity contribution in [2.75, 3.05) is 27.2 Å². The zero-order valence-electron chi connectivity index (χ0n) is 7.30. The van der Waals surface area contributed by atoms with Crippen LogP contribution in [0.3, 0.4) is 0 Å². The molecule has 0 aliphatic rings. The van der Waals surface area contributed by atoms with Gasteiger partial charge in [-0.3, -0.25) is 0 Å². The fraction of sp³-hybridized carbons (Fsp3) is 0.875. The molecule has 0 unspecified atom stereocenters. The van der Waals surface area contributed by atoms with Crippen LogP contribution in [-0.2, 0) is 0 Å². The fourth-order valence-electron chi connectivity index (χ4n) is 0.901. The van der Waals surface area contributed by atoms with Crippen molar-refractivity contribution in [2.24, 2.45) is 4.99 Å². The smallest absolute Gasteiger partial charge is 0.0273 e. The van der Waals surface area contributed by atoms with Gasteiger partial charge >= 0.3 is 0 Å². The summed E-state index contributed by atoms with van der Waals surface area (Å²) >= 11 is 0. The molecule has 0 saturated heterocycles. The first-order valence-corrected chi connectivity index (χ1v) is 3.90. The molecule has 0 aromatic carbocycles. The highest BCUT2D eigenvalue weighted by Crippen LogP contribution is 1.87. The predicted molar refractivity (Wildman–Crippen MR) is 46.8 cm³/mol. The van der Waals surface area contributed by atoms with Gasteiger partial charge in [-0.15, -0.1) is 0 Å². The van der Waals surface area contributed by atoms with E-state index >= 15 is 0 Å². The third-order valence-corrected chi connectivity index (χ3v) is 1.43. The van der Waals surface area contributed by atoms with Crippen LogP contribution >= 0.6 is 0 Å². The molecule has 0 aliphatic heterocycles. The Morgan fingerprint density at radius 3 is 2.60 bits per heavy atom. The lowest BCUT2D eigenvalue weighted by atomic mass is 10.4. The van der Waals surface area contributed by atoms with Crippen LogP contribution in [0.1, 0.15) is 19.8 Å². The largest absolute Gasteiger partial charge is 0.306 e. The molecule has 0 aliphatic carbocycles. The summed E-state index contributed by atoms with van der Waals surface area (Å²) in [5.41, 5.74) is 0. The molecule has 10 heavy (non-hydrogen) atoms. The molecule has 0 bridgehead atoms. The van der Waals surface area contributed by atoms with Crippen molar-refractivity contribution in [3.05, 3.63) is 0 Å². The van der Waals surface area contributed by atoms with E-state index in [0.29, 0.717) is 0 Å². The van der Waals surface area contributed by atoms with E-state index in [9.17, 15) is 0 Å². The van der Waals surface area contributed by atoms with Gasteiger partial charge in [0.25, 0.3) is 0 Å². The van der Waals surface area contributed by atoms with E-state index in [0.717, 1.165) is 13.0 Å². The SMILES string of the molecule is CCCN(C)CC/C=N/C. The Balaban J connectivity index is 3.12. The number of rotatable bonds is 5. The van der Waals surface area contributed by atoms with Gasteiger partial charge in [-0.2, -0.15) is 0 Å². The summed E-state index contributed by atoms with van der Waals surface area (Å²) < 4.78 is 0. The summed E-state index contributed by atoms with van der Waals surface area (Å²) in [6, 6.07) is 0. The predicted octanol–water partition coefficient (Wildman–Crippen LogP) is 1.42. The van der Waals surface area contributed by atoms with Crippen molar-refractivity contribution in [2.45, 2.75) is 19.8 Å². The van der Waals surface area contributed by atoms with Gasteiger partial charge in [-0.25, -0.2) is 0 Å². The van der Waals surface area contributed by atoms with Crippen molar-refractivity contribution in [1.29, 1.82) is 0 Å². The molecule has 0 amide bonds. The molecule has 0 saturated carbocycles. The van der Waals surface area contributed by atoms with E-state index in [1.165, 1.54) is 13.0 Å². The molecule has 0 fully saturated rings. The zero-order valence-corrected chi connectivity index (χ0v) is 7.30. The highest BCUT2D eigenvalue weighted by atomic mass is 15.1. The molecule has 0 radical (unpaired) electrons. The van der Waals surface area contributed by atoms with E-state index < -0.39 is 0 Å². The molecule has 2 heteroatoms. The van der Waals surface area contributed by atoms with Crippen molar-refractivity contribution in [1.82, 2.24) is 4.90 Å². The van der Waals surface area contributed by atoms with Crippen molar-refractivity contribution < 1.29 is 0 Å². The molecule has 0 aromatic heterocycles. The Morgan fingerprint density at radius 2 is 2.10 bits per heavy atom. The first-order valence-electron chi connectivity index (χ1n) is 3.90. The maximum absolute atomic E-state index is 3.92. The van der Waals surface area contributed by atoms with Crippen LogP contribution in [0, 0.1) is 0 Å². The van der Waals surface area contributed by atoms with Gasteiger partial charge in [-0.1, -0.05) is 6.92 Å². The second-order valence-corrected chi connectivity index (χ2v) is 2.53. The third kappa shape index (κ3) is 5.76. The average Bonchev–Trinajstić information content (AvgIpc) is 1.89. The van der Waals surface area contributed by atoms with Crippen LogP contribution in [0.25, 0.3) is 0 Å². The maximum atomic E-state index is 3.92. The van der Waals surface area contributed by atoms with Gasteiger partial charge < -0.3 is 9.89 Å². The van der Waals surface area contributed by atoms with E-state index in [-0.39, 0.29) is 0 Å². The number of hydrogen-bond acceptors (Lipinski definition) is 2. The topological polar surface area (TPSA) is 15.6 Å². The minimum atomic E-state index is 1.08. The van der Waals surface area contributed by atoms with E-state index in [4.69, 9.17) is 0 Å². The van der Waals surface area contributed by atoms with Gasteiger partial charge in [0.2, 0.25) is 0 Å². The van der Waals surface area contributed by atoms with Crippen LogP contribution in [0.15, 0.2) is 4.99 Å². The third-order valence-electron chi connectivity index (χ3n) is 1.43. The second-order valence-electron chi connectivity index (χ2n) is 2.53. The molecule has 0 spiro atoms. The Bertz CT molecular complexity index is 89.3. The van der Waals surface area contributed by atoms with Gasteiger partial charge in [-0.05, 0) is 32.6 Å². The van der Waals surface area contributed by atoms with Crippen molar-refractivity contribution in [3.63, 3.8) is 0 Å². The maximum Gasteiger partial charge on any atom is 0.0273 e. The average molecular weight is 142 g/mol. The lowest BCUT2D eigenvalue weighted by Crippen LogP contribution is -2.20. The summed E-state index contributed by atoms with van der Waals surface area (Å²) in [7, 11) is 3.97. The zero-order chi connectivity index (χ0) is 7.82. The fourth-order valence-corrected chi connectivity index (χ4v) is 0.901. The molecule has 0 heterocycles. The summed E-state index contributed by atoms with van der Waals surface area (Å²) in [6.07, 6.45) is 4.28. The van der Waals surface area contributed by atoms with Crippen LogP contribution in [0.2, 0.25) is 0 Å². The van der Waals surface area contributed by atoms with Gasteiger partial charge in [0.1, 0.15) is 0 Å². The van der Waals surface area contributed by atoms with Gasteiger partial charge in [0, 0.05) is 13.6 Å². The standard InChI is InChI=1S/C8H18N2/c1-4-7-10(3)8-5-6-9-2/h6H,4-5,7-8H2,1-3H3/b9-6+. The Hall–Kier alpha value is -0.370. The van der Waals surface area contributed by atoms with E-state index in [1.807, 2.05) is 13.3 Å². The Kier molecular flexibility index (Phi) is 6.50. The molecular weight excluding hydrogens is 124 g/mol. The van der Waals surface area contributed by atoms with Gasteiger partial charge in [0.15, 0.2) is 0 Å². The normalized spacial score (nSPS) is 11.6. The molecule has 60 valence electrons.